The van der Waals surface area contributed by atoms with Crippen LogP contribution in [0.1, 0.15) is 21.9 Å². The second-order valence-corrected chi connectivity index (χ2v) is 5.89. The highest BCUT2D eigenvalue weighted by Gasteiger charge is 2.15. The van der Waals surface area contributed by atoms with E-state index in [9.17, 15) is 4.39 Å². The molecule has 1 nitrogen and oxygen atoms in total. The summed E-state index contributed by atoms with van der Waals surface area (Å²) in [7, 11) is 0. The largest absolute Gasteiger partial charge is 0.329 e. The fourth-order valence-electron chi connectivity index (χ4n) is 1.93. The van der Waals surface area contributed by atoms with Crippen molar-refractivity contribution in [1.82, 2.24) is 0 Å². The molecule has 0 bridgehead atoms. The molecule has 0 aliphatic carbocycles. The summed E-state index contributed by atoms with van der Waals surface area (Å²) in [4.78, 5) is 1.13. The molecule has 0 aromatic heterocycles. The van der Waals surface area contributed by atoms with Gasteiger partial charge >= 0.3 is 0 Å². The van der Waals surface area contributed by atoms with Gasteiger partial charge in [0.2, 0.25) is 0 Å². The first-order chi connectivity index (χ1) is 9.11. The van der Waals surface area contributed by atoms with Gasteiger partial charge in [0.25, 0.3) is 0 Å². The smallest absolute Gasteiger partial charge is 0.127 e. The Morgan fingerprint density at radius 3 is 2.47 bits per heavy atom. The highest BCUT2D eigenvalue weighted by Crippen LogP contribution is 2.36. The van der Waals surface area contributed by atoms with E-state index in [1.165, 1.54) is 17.2 Å². The van der Waals surface area contributed by atoms with Gasteiger partial charge in [0.15, 0.2) is 0 Å². The molecule has 1 unspecified atom stereocenters. The lowest BCUT2D eigenvalue weighted by atomic mass is 10.1. The number of hydrogen-bond acceptors (Lipinski definition) is 2. The Labute approximate surface area is 118 Å². The molecule has 1 atom stereocenters. The Bertz CT molecular complexity index is 568. The quantitative estimate of drug-likeness (QED) is 0.845. The Morgan fingerprint density at radius 1 is 1.11 bits per heavy atom. The summed E-state index contributed by atoms with van der Waals surface area (Å²) in [5.74, 6) is -0.186. The van der Waals surface area contributed by atoms with Gasteiger partial charge in [-0.15, -0.1) is 11.8 Å². The first kappa shape index (κ1) is 14.1. The standard InChI is InChI=1S/C16H18FNS/c1-11-7-8-13(9-12(11)2)19-16(10-18)14-5-3-4-6-15(14)17/h3-9,16H,10,18H2,1-2H3. The summed E-state index contributed by atoms with van der Waals surface area (Å²) in [5, 5.41) is -0.0525. The van der Waals surface area contributed by atoms with Crippen molar-refractivity contribution in [2.45, 2.75) is 24.0 Å². The average molecular weight is 275 g/mol. The number of nitrogens with two attached hydrogens (primary N) is 1. The van der Waals surface area contributed by atoms with Gasteiger partial charge in [0, 0.05) is 22.3 Å². The second-order valence-electron chi connectivity index (χ2n) is 4.61. The van der Waals surface area contributed by atoms with Crippen LogP contribution in [0.15, 0.2) is 47.4 Å². The highest BCUT2D eigenvalue weighted by molar-refractivity contribution is 7.99. The summed E-state index contributed by atoms with van der Waals surface area (Å²) < 4.78 is 13.8. The van der Waals surface area contributed by atoms with Gasteiger partial charge in [0.1, 0.15) is 5.82 Å². The molecule has 0 saturated carbocycles. The molecule has 2 aromatic carbocycles. The van der Waals surface area contributed by atoms with E-state index in [1.807, 2.05) is 6.07 Å². The first-order valence-corrected chi connectivity index (χ1v) is 7.18. The molecule has 0 heterocycles. The van der Waals surface area contributed by atoms with Gasteiger partial charge in [0.05, 0.1) is 0 Å². The lowest BCUT2D eigenvalue weighted by Gasteiger charge is -2.16. The number of aryl methyl sites for hydroxylation is 2. The second kappa shape index (κ2) is 6.22. The lowest BCUT2D eigenvalue weighted by Crippen LogP contribution is -2.10. The molecule has 3 heteroatoms. The summed E-state index contributed by atoms with van der Waals surface area (Å²) in [6, 6.07) is 13.1. The van der Waals surface area contributed by atoms with Crippen LogP contribution in [0.3, 0.4) is 0 Å². The Balaban J connectivity index is 2.24. The van der Waals surface area contributed by atoms with Gasteiger partial charge in [-0.25, -0.2) is 4.39 Å². The molecule has 100 valence electrons. The van der Waals surface area contributed by atoms with E-state index < -0.39 is 0 Å². The zero-order valence-corrected chi connectivity index (χ0v) is 12.0. The van der Waals surface area contributed by atoms with Crippen LogP contribution in [0.25, 0.3) is 0 Å². The van der Waals surface area contributed by atoms with Crippen LogP contribution >= 0.6 is 11.8 Å². The van der Waals surface area contributed by atoms with Crippen molar-refractivity contribution in [3.05, 3.63) is 65.0 Å². The summed E-state index contributed by atoms with van der Waals surface area (Å²) in [6.45, 7) is 4.58. The van der Waals surface area contributed by atoms with E-state index in [0.717, 1.165) is 4.90 Å². The molecule has 0 amide bonds. The predicted molar refractivity (Wildman–Crippen MR) is 80.0 cm³/mol. The fraction of sp³-hybridized carbons (Fsp3) is 0.250. The van der Waals surface area contributed by atoms with E-state index in [-0.39, 0.29) is 11.1 Å². The van der Waals surface area contributed by atoms with Crippen LogP contribution in [0.5, 0.6) is 0 Å². The fourth-order valence-corrected chi connectivity index (χ4v) is 3.06. The van der Waals surface area contributed by atoms with Crippen molar-refractivity contribution in [1.29, 1.82) is 0 Å². The SMILES string of the molecule is Cc1ccc(SC(CN)c2ccccc2F)cc1C. The molecule has 2 N–H and O–H groups in total. The van der Waals surface area contributed by atoms with E-state index in [0.29, 0.717) is 12.1 Å². The monoisotopic (exact) mass is 275 g/mol. The van der Waals surface area contributed by atoms with Crippen molar-refractivity contribution in [2.75, 3.05) is 6.54 Å². The molecule has 0 aliphatic rings. The molecule has 2 aromatic rings. The topological polar surface area (TPSA) is 26.0 Å². The zero-order chi connectivity index (χ0) is 13.8. The van der Waals surface area contributed by atoms with Gasteiger partial charge in [-0.2, -0.15) is 0 Å². The van der Waals surface area contributed by atoms with Crippen molar-refractivity contribution < 1.29 is 4.39 Å². The molecule has 0 radical (unpaired) electrons. The van der Waals surface area contributed by atoms with Crippen LogP contribution < -0.4 is 5.73 Å². The maximum atomic E-state index is 13.8. The normalized spacial score (nSPS) is 12.4. The molecule has 19 heavy (non-hydrogen) atoms. The number of thioether (sulfide) groups is 1. The third-order valence-corrected chi connectivity index (χ3v) is 4.48. The summed E-state index contributed by atoms with van der Waals surface area (Å²) in [5.41, 5.74) is 8.98. The Kier molecular flexibility index (Phi) is 4.61. The van der Waals surface area contributed by atoms with Crippen molar-refractivity contribution in [2.24, 2.45) is 5.73 Å². The van der Waals surface area contributed by atoms with Crippen LogP contribution in [-0.2, 0) is 0 Å². The summed E-state index contributed by atoms with van der Waals surface area (Å²) >= 11 is 1.61. The van der Waals surface area contributed by atoms with E-state index in [1.54, 1.807) is 23.9 Å². The van der Waals surface area contributed by atoms with Crippen LogP contribution in [0, 0.1) is 19.7 Å². The highest BCUT2D eigenvalue weighted by atomic mass is 32.2. The minimum atomic E-state index is -0.186. The zero-order valence-electron chi connectivity index (χ0n) is 11.2. The molecule has 0 fully saturated rings. The molecule has 0 aliphatic heterocycles. The van der Waals surface area contributed by atoms with E-state index >= 15 is 0 Å². The predicted octanol–water partition coefficient (Wildman–Crippen LogP) is 4.23. The van der Waals surface area contributed by atoms with Crippen molar-refractivity contribution in [3.8, 4) is 0 Å². The van der Waals surface area contributed by atoms with Gasteiger partial charge in [-0.3, -0.25) is 0 Å². The van der Waals surface area contributed by atoms with Crippen LogP contribution in [0.2, 0.25) is 0 Å². The molecule has 0 saturated heterocycles. The third kappa shape index (κ3) is 3.37. The minimum Gasteiger partial charge on any atom is -0.329 e. The van der Waals surface area contributed by atoms with Gasteiger partial charge in [-0.1, -0.05) is 24.3 Å². The Morgan fingerprint density at radius 2 is 1.84 bits per heavy atom. The maximum absolute atomic E-state index is 13.8. The molecule has 0 spiro atoms. The molecular weight excluding hydrogens is 257 g/mol. The lowest BCUT2D eigenvalue weighted by molar-refractivity contribution is 0.608. The Hall–Kier alpha value is -1.32. The van der Waals surface area contributed by atoms with Crippen LogP contribution in [-0.4, -0.2) is 6.54 Å². The van der Waals surface area contributed by atoms with Crippen molar-refractivity contribution >= 4 is 11.8 Å². The molecule has 2 rings (SSSR count). The first-order valence-electron chi connectivity index (χ1n) is 6.30. The number of halogens is 1. The third-order valence-electron chi connectivity index (χ3n) is 3.22. The summed E-state index contributed by atoms with van der Waals surface area (Å²) in [6.07, 6.45) is 0. The van der Waals surface area contributed by atoms with E-state index in [4.69, 9.17) is 5.73 Å². The maximum Gasteiger partial charge on any atom is 0.127 e. The van der Waals surface area contributed by atoms with Gasteiger partial charge < -0.3 is 5.73 Å². The van der Waals surface area contributed by atoms with Gasteiger partial charge in [-0.05, 0) is 43.2 Å². The van der Waals surface area contributed by atoms with Crippen molar-refractivity contribution in [3.63, 3.8) is 0 Å². The van der Waals surface area contributed by atoms with Crippen LogP contribution in [0.4, 0.5) is 4.39 Å². The van der Waals surface area contributed by atoms with E-state index in [2.05, 4.69) is 32.0 Å². The number of hydrogen-bond donors (Lipinski definition) is 1. The molecular formula is C16H18FNS. The average Bonchev–Trinajstić information content (AvgIpc) is 2.41. The number of benzene rings is 2. The minimum absolute atomic E-state index is 0.0525. The number of rotatable bonds is 4.